The molecule has 0 unspecified atom stereocenters. The van der Waals surface area contributed by atoms with Crippen LogP contribution in [0.4, 0.5) is 0 Å². The first kappa shape index (κ1) is 12.4. The van der Waals surface area contributed by atoms with Gasteiger partial charge in [-0.2, -0.15) is 0 Å². The van der Waals surface area contributed by atoms with Gasteiger partial charge in [-0.3, -0.25) is 4.79 Å². The van der Waals surface area contributed by atoms with Gasteiger partial charge in [0.2, 0.25) is 0 Å². The van der Waals surface area contributed by atoms with Gasteiger partial charge in [0.25, 0.3) is 5.91 Å². The second kappa shape index (κ2) is 5.52. The van der Waals surface area contributed by atoms with Crippen LogP contribution < -0.4 is 5.32 Å². The fourth-order valence-electron chi connectivity index (χ4n) is 2.17. The molecule has 0 aliphatic heterocycles. The number of carbonyl (C=O) groups is 1. The van der Waals surface area contributed by atoms with Gasteiger partial charge in [0.05, 0.1) is 22.7 Å². The van der Waals surface area contributed by atoms with Gasteiger partial charge in [-0.05, 0) is 25.0 Å². The lowest BCUT2D eigenvalue weighted by Gasteiger charge is -2.28. The van der Waals surface area contributed by atoms with Crippen LogP contribution in [0.15, 0.2) is 24.3 Å². The molecule has 1 aliphatic rings. The zero-order chi connectivity index (χ0) is 12.3. The van der Waals surface area contributed by atoms with Crippen molar-refractivity contribution >= 4 is 17.5 Å². The summed E-state index contributed by atoms with van der Waals surface area (Å²) in [4.78, 5) is 12.0. The summed E-state index contributed by atoms with van der Waals surface area (Å²) in [5, 5.41) is 13.1. The fourth-order valence-corrected chi connectivity index (χ4v) is 2.39. The Morgan fingerprint density at radius 3 is 2.71 bits per heavy atom. The summed E-state index contributed by atoms with van der Waals surface area (Å²) in [5.74, 6) is -0.207. The number of hydrogen-bond acceptors (Lipinski definition) is 2. The Kier molecular flexibility index (Phi) is 4.02. The number of nitrogens with one attached hydrogen (secondary N) is 1. The van der Waals surface area contributed by atoms with Crippen LogP contribution in [0.5, 0.6) is 0 Å². The Morgan fingerprint density at radius 1 is 1.29 bits per heavy atom. The highest BCUT2D eigenvalue weighted by molar-refractivity contribution is 6.33. The van der Waals surface area contributed by atoms with Gasteiger partial charge in [-0.1, -0.05) is 36.6 Å². The van der Waals surface area contributed by atoms with Crippen LogP contribution in [0.2, 0.25) is 5.02 Å². The van der Waals surface area contributed by atoms with Crippen molar-refractivity contribution in [3.63, 3.8) is 0 Å². The maximum atomic E-state index is 12.0. The maximum Gasteiger partial charge on any atom is 0.253 e. The van der Waals surface area contributed by atoms with Gasteiger partial charge in [0.15, 0.2) is 0 Å². The number of aliphatic hydroxyl groups excluding tert-OH is 1. The quantitative estimate of drug-likeness (QED) is 0.850. The number of aliphatic hydroxyl groups is 1. The Balaban J connectivity index is 2.04. The highest BCUT2D eigenvalue weighted by Gasteiger charge is 2.25. The Bertz CT molecular complexity index is 408. The van der Waals surface area contributed by atoms with Crippen LogP contribution in [-0.4, -0.2) is 23.2 Å². The molecular formula is C13H16ClNO2. The molecule has 2 N–H and O–H groups in total. The monoisotopic (exact) mass is 253 g/mol. The molecular weight excluding hydrogens is 238 g/mol. The number of amides is 1. The predicted molar refractivity (Wildman–Crippen MR) is 67.2 cm³/mol. The lowest BCUT2D eigenvalue weighted by Crippen LogP contribution is -2.45. The van der Waals surface area contributed by atoms with Crippen LogP contribution >= 0.6 is 11.6 Å². The first-order valence-corrected chi connectivity index (χ1v) is 6.30. The molecule has 3 nitrogen and oxygen atoms in total. The summed E-state index contributed by atoms with van der Waals surface area (Å²) >= 11 is 5.95. The Hall–Kier alpha value is -1.06. The van der Waals surface area contributed by atoms with Crippen LogP contribution in [0.1, 0.15) is 36.0 Å². The summed E-state index contributed by atoms with van der Waals surface area (Å²) in [5.41, 5.74) is 0.465. The van der Waals surface area contributed by atoms with Crippen molar-refractivity contribution < 1.29 is 9.90 Å². The topological polar surface area (TPSA) is 49.3 Å². The second-order valence-electron chi connectivity index (χ2n) is 4.41. The van der Waals surface area contributed by atoms with E-state index in [9.17, 15) is 9.90 Å². The Morgan fingerprint density at radius 2 is 2.00 bits per heavy atom. The standard InChI is InChI=1S/C13H16ClNO2/c14-10-6-2-1-5-9(10)13(17)15-11-7-3-4-8-12(11)16/h1-2,5-6,11-12,16H,3-4,7-8H2,(H,15,17)/t11-,12-/m1/s1. The van der Waals surface area contributed by atoms with E-state index in [1.807, 2.05) is 0 Å². The van der Waals surface area contributed by atoms with Crippen molar-refractivity contribution in [2.75, 3.05) is 0 Å². The number of hydrogen-bond donors (Lipinski definition) is 2. The molecule has 0 bridgehead atoms. The molecule has 1 amide bonds. The average Bonchev–Trinajstić information content (AvgIpc) is 2.32. The molecule has 17 heavy (non-hydrogen) atoms. The second-order valence-corrected chi connectivity index (χ2v) is 4.82. The van der Waals surface area contributed by atoms with E-state index in [4.69, 9.17) is 11.6 Å². The fraction of sp³-hybridized carbons (Fsp3) is 0.462. The molecule has 4 heteroatoms. The first-order valence-electron chi connectivity index (χ1n) is 5.92. The van der Waals surface area contributed by atoms with Crippen molar-refractivity contribution in [3.8, 4) is 0 Å². The van der Waals surface area contributed by atoms with E-state index in [2.05, 4.69) is 5.32 Å². The SMILES string of the molecule is O=C(N[C@@H]1CCCC[C@H]1O)c1ccccc1Cl. The largest absolute Gasteiger partial charge is 0.391 e. The van der Waals surface area contributed by atoms with E-state index in [-0.39, 0.29) is 11.9 Å². The Labute approximate surface area is 106 Å². The third kappa shape index (κ3) is 2.99. The molecule has 0 saturated heterocycles. The molecule has 1 fully saturated rings. The molecule has 2 rings (SSSR count). The zero-order valence-corrected chi connectivity index (χ0v) is 10.3. The van der Waals surface area contributed by atoms with E-state index in [1.54, 1.807) is 24.3 Å². The van der Waals surface area contributed by atoms with Crippen LogP contribution in [-0.2, 0) is 0 Å². The van der Waals surface area contributed by atoms with Crippen LogP contribution in [0.25, 0.3) is 0 Å². The van der Waals surface area contributed by atoms with Crippen molar-refractivity contribution in [3.05, 3.63) is 34.9 Å². The summed E-state index contributed by atoms with van der Waals surface area (Å²) in [6, 6.07) is 6.79. The third-order valence-corrected chi connectivity index (χ3v) is 3.49. The van der Waals surface area contributed by atoms with Gasteiger partial charge >= 0.3 is 0 Å². The number of benzene rings is 1. The number of rotatable bonds is 2. The maximum absolute atomic E-state index is 12.0. The van der Waals surface area contributed by atoms with E-state index >= 15 is 0 Å². The molecule has 1 aromatic rings. The minimum Gasteiger partial charge on any atom is -0.391 e. The third-order valence-electron chi connectivity index (χ3n) is 3.16. The highest BCUT2D eigenvalue weighted by Crippen LogP contribution is 2.20. The molecule has 0 aromatic heterocycles. The van der Waals surface area contributed by atoms with Crippen molar-refractivity contribution in [2.45, 2.75) is 37.8 Å². The van der Waals surface area contributed by atoms with E-state index in [0.717, 1.165) is 25.7 Å². The van der Waals surface area contributed by atoms with Crippen LogP contribution in [0.3, 0.4) is 0 Å². The first-order chi connectivity index (χ1) is 8.18. The highest BCUT2D eigenvalue weighted by atomic mass is 35.5. The van der Waals surface area contributed by atoms with Gasteiger partial charge in [0.1, 0.15) is 0 Å². The minimum atomic E-state index is -0.435. The lowest BCUT2D eigenvalue weighted by molar-refractivity contribution is 0.0717. The molecule has 2 atom stereocenters. The van der Waals surface area contributed by atoms with Crippen LogP contribution in [0, 0.1) is 0 Å². The molecule has 0 spiro atoms. The lowest BCUT2D eigenvalue weighted by atomic mass is 9.92. The van der Waals surface area contributed by atoms with E-state index in [0.29, 0.717) is 10.6 Å². The molecule has 0 radical (unpaired) electrons. The molecule has 92 valence electrons. The summed E-state index contributed by atoms with van der Waals surface area (Å²) < 4.78 is 0. The van der Waals surface area contributed by atoms with Gasteiger partial charge in [-0.25, -0.2) is 0 Å². The number of carbonyl (C=O) groups excluding carboxylic acids is 1. The molecule has 1 aromatic carbocycles. The van der Waals surface area contributed by atoms with E-state index in [1.165, 1.54) is 0 Å². The smallest absolute Gasteiger partial charge is 0.253 e. The van der Waals surface area contributed by atoms with Crippen molar-refractivity contribution in [1.82, 2.24) is 5.32 Å². The van der Waals surface area contributed by atoms with Crippen molar-refractivity contribution in [1.29, 1.82) is 0 Å². The van der Waals surface area contributed by atoms with Gasteiger partial charge < -0.3 is 10.4 Å². The van der Waals surface area contributed by atoms with Gasteiger partial charge in [-0.15, -0.1) is 0 Å². The molecule has 1 aliphatic carbocycles. The minimum absolute atomic E-state index is 0.146. The molecule has 1 saturated carbocycles. The normalized spacial score (nSPS) is 24.4. The summed E-state index contributed by atoms with van der Waals surface area (Å²) in [7, 11) is 0. The van der Waals surface area contributed by atoms with E-state index < -0.39 is 6.10 Å². The predicted octanol–water partition coefficient (Wildman–Crippen LogP) is 2.37. The number of halogens is 1. The average molecular weight is 254 g/mol. The zero-order valence-electron chi connectivity index (χ0n) is 9.53. The van der Waals surface area contributed by atoms with Gasteiger partial charge in [0, 0.05) is 0 Å². The molecule has 0 heterocycles. The summed E-state index contributed by atoms with van der Waals surface area (Å²) in [6.07, 6.45) is 3.23. The summed E-state index contributed by atoms with van der Waals surface area (Å²) in [6.45, 7) is 0. The van der Waals surface area contributed by atoms with Crippen molar-refractivity contribution in [2.24, 2.45) is 0 Å².